The number of hydrogen-bond donors (Lipinski definition) is 0. The van der Waals surface area contributed by atoms with Gasteiger partial charge in [-0.2, -0.15) is 0 Å². The maximum Gasteiger partial charge on any atom is 0.274 e. The molecular weight excluding hydrogens is 194 g/mol. The molecule has 5 nitrogen and oxygen atoms in total. The average molecular weight is 207 g/mol. The van der Waals surface area contributed by atoms with Gasteiger partial charge in [0.25, 0.3) is 5.91 Å². The number of amides is 1. The summed E-state index contributed by atoms with van der Waals surface area (Å²) in [6.07, 6.45) is 3.12. The van der Waals surface area contributed by atoms with Gasteiger partial charge in [-0.3, -0.25) is 9.78 Å². The highest BCUT2D eigenvalue weighted by Crippen LogP contribution is 2.11. The summed E-state index contributed by atoms with van der Waals surface area (Å²) in [5.74, 6) is -0.0977. The quantitative estimate of drug-likeness (QED) is 0.697. The molecule has 0 unspecified atom stereocenters. The molecule has 1 aromatic rings. The molecule has 2 heterocycles. The Balaban J connectivity index is 2.12. The Morgan fingerprint density at radius 3 is 2.80 bits per heavy atom. The van der Waals surface area contributed by atoms with E-state index in [1.54, 1.807) is 18.1 Å². The molecule has 0 N–H and O–H groups in total. The molecule has 1 fully saturated rings. The summed E-state index contributed by atoms with van der Waals surface area (Å²) < 4.78 is 5.04. The predicted octanol–water partition coefficient (Wildman–Crippen LogP) is 0.256. The molecule has 0 spiro atoms. The molecule has 1 amide bonds. The van der Waals surface area contributed by atoms with Crippen molar-refractivity contribution in [2.45, 2.75) is 13.0 Å². The van der Waals surface area contributed by atoms with Gasteiger partial charge in [-0.05, 0) is 6.92 Å². The van der Waals surface area contributed by atoms with E-state index in [2.05, 4.69) is 9.97 Å². The fraction of sp³-hybridized carbons (Fsp3) is 0.500. The van der Waals surface area contributed by atoms with Crippen LogP contribution in [0.5, 0.6) is 0 Å². The second-order valence-electron chi connectivity index (χ2n) is 3.65. The molecule has 0 atom stereocenters. The summed E-state index contributed by atoms with van der Waals surface area (Å²) in [4.78, 5) is 21.6. The first-order valence-corrected chi connectivity index (χ1v) is 4.82. The number of ether oxygens (including phenoxy) is 1. The molecule has 0 saturated carbocycles. The van der Waals surface area contributed by atoms with E-state index in [9.17, 15) is 4.79 Å². The number of carbonyl (C=O) groups is 1. The lowest BCUT2D eigenvalue weighted by Gasteiger charge is -2.34. The summed E-state index contributed by atoms with van der Waals surface area (Å²) in [5.41, 5.74) is 1.14. The summed E-state index contributed by atoms with van der Waals surface area (Å²) >= 11 is 0. The lowest BCUT2D eigenvalue weighted by molar-refractivity contribution is -0.0469. The molecule has 0 radical (unpaired) electrons. The topological polar surface area (TPSA) is 55.3 Å². The van der Waals surface area contributed by atoms with E-state index < -0.39 is 0 Å². The monoisotopic (exact) mass is 207 g/mol. The van der Waals surface area contributed by atoms with Crippen LogP contribution in [0.2, 0.25) is 0 Å². The van der Waals surface area contributed by atoms with Gasteiger partial charge >= 0.3 is 0 Å². The van der Waals surface area contributed by atoms with E-state index in [0.717, 1.165) is 5.69 Å². The maximum atomic E-state index is 11.9. The van der Waals surface area contributed by atoms with Crippen molar-refractivity contribution >= 4 is 5.91 Å². The van der Waals surface area contributed by atoms with Gasteiger partial charge in [0.2, 0.25) is 0 Å². The van der Waals surface area contributed by atoms with E-state index in [1.165, 1.54) is 6.20 Å². The normalized spacial score (nSPS) is 15.9. The standard InChI is InChI=1S/C10H13N3O2/c1-7-3-11-4-9(12-7)10(14)13(2)8-5-15-6-8/h3-4,8H,5-6H2,1-2H3. The first-order chi connectivity index (χ1) is 7.18. The zero-order valence-corrected chi connectivity index (χ0v) is 8.80. The van der Waals surface area contributed by atoms with Crippen molar-refractivity contribution in [3.63, 3.8) is 0 Å². The van der Waals surface area contributed by atoms with Crippen LogP contribution in [0.4, 0.5) is 0 Å². The van der Waals surface area contributed by atoms with Crippen molar-refractivity contribution in [2.75, 3.05) is 20.3 Å². The largest absolute Gasteiger partial charge is 0.377 e. The fourth-order valence-corrected chi connectivity index (χ4v) is 1.36. The van der Waals surface area contributed by atoms with Crippen molar-refractivity contribution < 1.29 is 9.53 Å². The number of likely N-dealkylation sites (N-methyl/N-ethyl adjacent to an activating group) is 1. The molecule has 1 aliphatic heterocycles. The van der Waals surface area contributed by atoms with E-state index >= 15 is 0 Å². The Hall–Kier alpha value is -1.49. The van der Waals surface area contributed by atoms with E-state index in [0.29, 0.717) is 18.9 Å². The highest BCUT2D eigenvalue weighted by Gasteiger charge is 2.28. The van der Waals surface area contributed by atoms with Crippen LogP contribution in [-0.2, 0) is 4.74 Å². The molecule has 0 bridgehead atoms. The highest BCUT2D eigenvalue weighted by molar-refractivity contribution is 5.92. The SMILES string of the molecule is Cc1cncc(C(=O)N(C)C2COC2)n1. The molecule has 1 aromatic heterocycles. The van der Waals surface area contributed by atoms with Crippen LogP contribution >= 0.6 is 0 Å². The van der Waals surface area contributed by atoms with Gasteiger partial charge in [0.05, 0.1) is 31.1 Å². The van der Waals surface area contributed by atoms with E-state index in [4.69, 9.17) is 4.74 Å². The van der Waals surface area contributed by atoms with Crippen molar-refractivity contribution in [3.05, 3.63) is 23.8 Å². The van der Waals surface area contributed by atoms with Crippen LogP contribution in [-0.4, -0.2) is 47.1 Å². The molecule has 1 saturated heterocycles. The van der Waals surface area contributed by atoms with Crippen LogP contribution in [0.3, 0.4) is 0 Å². The number of rotatable bonds is 2. The number of carbonyl (C=O) groups excluding carboxylic acids is 1. The van der Waals surface area contributed by atoms with Gasteiger partial charge < -0.3 is 9.64 Å². The van der Waals surface area contributed by atoms with Crippen molar-refractivity contribution in [3.8, 4) is 0 Å². The highest BCUT2D eigenvalue weighted by atomic mass is 16.5. The van der Waals surface area contributed by atoms with Crippen LogP contribution in [0.25, 0.3) is 0 Å². The molecule has 2 rings (SSSR count). The molecule has 80 valence electrons. The third-order valence-corrected chi connectivity index (χ3v) is 2.46. The summed E-state index contributed by atoms with van der Waals surface area (Å²) in [7, 11) is 1.76. The van der Waals surface area contributed by atoms with Crippen LogP contribution in [0, 0.1) is 6.92 Å². The number of aryl methyl sites for hydroxylation is 1. The molecular formula is C10H13N3O2. The van der Waals surface area contributed by atoms with Crippen LogP contribution in [0.1, 0.15) is 16.2 Å². The minimum atomic E-state index is -0.0977. The zero-order valence-electron chi connectivity index (χ0n) is 8.80. The minimum absolute atomic E-state index is 0.0977. The molecule has 0 aromatic carbocycles. The maximum absolute atomic E-state index is 11.9. The fourth-order valence-electron chi connectivity index (χ4n) is 1.36. The second kappa shape index (κ2) is 3.94. The predicted molar refractivity (Wildman–Crippen MR) is 53.5 cm³/mol. The smallest absolute Gasteiger partial charge is 0.274 e. The Morgan fingerprint density at radius 2 is 2.27 bits per heavy atom. The Bertz CT molecular complexity index is 377. The molecule has 0 aliphatic carbocycles. The third-order valence-electron chi connectivity index (χ3n) is 2.46. The average Bonchev–Trinajstić information content (AvgIpc) is 2.14. The minimum Gasteiger partial charge on any atom is -0.377 e. The van der Waals surface area contributed by atoms with Gasteiger partial charge in [0.15, 0.2) is 0 Å². The summed E-state index contributed by atoms with van der Waals surface area (Å²) in [6.45, 7) is 3.04. The third kappa shape index (κ3) is 1.97. The second-order valence-corrected chi connectivity index (χ2v) is 3.65. The van der Waals surface area contributed by atoms with Crippen molar-refractivity contribution in [1.29, 1.82) is 0 Å². The Morgan fingerprint density at radius 1 is 1.53 bits per heavy atom. The Kier molecular flexibility index (Phi) is 2.64. The van der Waals surface area contributed by atoms with Gasteiger partial charge in [0, 0.05) is 13.2 Å². The molecule has 1 aliphatic rings. The van der Waals surface area contributed by atoms with Gasteiger partial charge in [-0.1, -0.05) is 0 Å². The van der Waals surface area contributed by atoms with Gasteiger partial charge in [0.1, 0.15) is 5.69 Å². The van der Waals surface area contributed by atoms with Gasteiger partial charge in [-0.15, -0.1) is 0 Å². The van der Waals surface area contributed by atoms with E-state index in [1.807, 2.05) is 6.92 Å². The first kappa shape index (κ1) is 10.0. The summed E-state index contributed by atoms with van der Waals surface area (Å²) in [5, 5.41) is 0. The van der Waals surface area contributed by atoms with Crippen LogP contribution < -0.4 is 0 Å². The van der Waals surface area contributed by atoms with Gasteiger partial charge in [-0.25, -0.2) is 4.98 Å². The molecule has 15 heavy (non-hydrogen) atoms. The number of aromatic nitrogens is 2. The molecule has 5 heteroatoms. The number of nitrogens with zero attached hydrogens (tertiary/aromatic N) is 3. The zero-order chi connectivity index (χ0) is 10.8. The van der Waals surface area contributed by atoms with Crippen LogP contribution in [0.15, 0.2) is 12.4 Å². The lowest BCUT2D eigenvalue weighted by atomic mass is 10.2. The summed E-state index contributed by atoms with van der Waals surface area (Å²) in [6, 6.07) is 0.180. The Labute approximate surface area is 88.1 Å². The number of hydrogen-bond acceptors (Lipinski definition) is 4. The van der Waals surface area contributed by atoms with Crippen molar-refractivity contribution in [1.82, 2.24) is 14.9 Å². The first-order valence-electron chi connectivity index (χ1n) is 4.82. The lowest BCUT2D eigenvalue weighted by Crippen LogP contribution is -2.49. The van der Waals surface area contributed by atoms with E-state index in [-0.39, 0.29) is 11.9 Å². The van der Waals surface area contributed by atoms with Crippen molar-refractivity contribution in [2.24, 2.45) is 0 Å².